The summed E-state index contributed by atoms with van der Waals surface area (Å²) in [6.45, 7) is 0.246. The Balaban J connectivity index is 1.97. The van der Waals surface area contributed by atoms with Gasteiger partial charge in [-0.25, -0.2) is 0 Å². The first-order chi connectivity index (χ1) is 7.66. The van der Waals surface area contributed by atoms with Crippen LogP contribution < -0.4 is 0 Å². The predicted octanol–water partition coefficient (Wildman–Crippen LogP) is 1.39. The van der Waals surface area contributed by atoms with Crippen LogP contribution in [0.1, 0.15) is 5.56 Å². The highest BCUT2D eigenvalue weighted by Gasteiger charge is 2.16. The third-order valence-corrected chi connectivity index (χ3v) is 2.57. The second kappa shape index (κ2) is 4.36. The first-order valence-corrected chi connectivity index (χ1v) is 5.89. The van der Waals surface area contributed by atoms with Gasteiger partial charge in [-0.1, -0.05) is 30.3 Å². The predicted molar refractivity (Wildman–Crippen MR) is 57.8 cm³/mol. The molecular formula is C10H9NO4S. The molecule has 0 unspecified atom stereocenters. The van der Waals surface area contributed by atoms with E-state index >= 15 is 0 Å². The van der Waals surface area contributed by atoms with E-state index in [0.29, 0.717) is 0 Å². The van der Waals surface area contributed by atoms with Gasteiger partial charge in [0.1, 0.15) is 6.61 Å². The smallest absolute Gasteiger partial charge is 0.431 e. The normalized spacial score (nSPS) is 17.4. The van der Waals surface area contributed by atoms with Crippen molar-refractivity contribution in [3.63, 3.8) is 0 Å². The van der Waals surface area contributed by atoms with Gasteiger partial charge in [0.2, 0.25) is 0 Å². The second-order valence-corrected chi connectivity index (χ2v) is 4.26. The van der Waals surface area contributed by atoms with Gasteiger partial charge in [0, 0.05) is 6.08 Å². The molecule has 0 amide bonds. The Morgan fingerprint density at radius 1 is 1.25 bits per heavy atom. The summed E-state index contributed by atoms with van der Waals surface area (Å²) in [5.41, 5.74) is 0.923. The van der Waals surface area contributed by atoms with Crippen molar-refractivity contribution in [2.24, 2.45) is 4.40 Å². The summed E-state index contributed by atoms with van der Waals surface area (Å²) in [7, 11) is -3.86. The van der Waals surface area contributed by atoms with Crippen LogP contribution in [0.3, 0.4) is 0 Å². The van der Waals surface area contributed by atoms with E-state index in [0.717, 1.165) is 11.8 Å². The Morgan fingerprint density at radius 3 is 2.69 bits per heavy atom. The van der Waals surface area contributed by atoms with E-state index in [1.165, 1.54) is 6.08 Å². The SMILES string of the molecule is O=S1(=O)N=CC=C(OCc2ccccc2)O1. The first-order valence-electron chi connectivity index (χ1n) is 4.52. The van der Waals surface area contributed by atoms with Crippen LogP contribution in [0.25, 0.3) is 0 Å². The average Bonchev–Trinajstić information content (AvgIpc) is 2.27. The molecule has 5 nitrogen and oxygen atoms in total. The van der Waals surface area contributed by atoms with Crippen molar-refractivity contribution in [3.8, 4) is 0 Å². The van der Waals surface area contributed by atoms with Gasteiger partial charge in [0.15, 0.2) is 0 Å². The van der Waals surface area contributed by atoms with Crippen LogP contribution >= 0.6 is 0 Å². The molecule has 1 aliphatic rings. The summed E-state index contributed by atoms with van der Waals surface area (Å²) < 4.78 is 34.7. The summed E-state index contributed by atoms with van der Waals surface area (Å²) in [5.74, 6) is -0.0705. The molecule has 1 aliphatic heterocycles. The molecule has 1 heterocycles. The summed E-state index contributed by atoms with van der Waals surface area (Å²) in [5, 5.41) is 0. The van der Waals surface area contributed by atoms with Crippen LogP contribution in [-0.2, 0) is 25.8 Å². The molecule has 2 rings (SSSR count). The molecule has 0 aliphatic carbocycles. The lowest BCUT2D eigenvalue weighted by Gasteiger charge is -2.11. The van der Waals surface area contributed by atoms with E-state index in [2.05, 4.69) is 8.58 Å². The molecule has 0 saturated heterocycles. The minimum Gasteiger partial charge on any atom is -0.460 e. The molecule has 6 heteroatoms. The molecule has 0 spiro atoms. The topological polar surface area (TPSA) is 65.0 Å². The quantitative estimate of drug-likeness (QED) is 0.799. The van der Waals surface area contributed by atoms with E-state index in [-0.39, 0.29) is 12.6 Å². The minimum absolute atomic E-state index is 0.0705. The monoisotopic (exact) mass is 239 g/mol. The third-order valence-electron chi connectivity index (χ3n) is 1.81. The molecule has 1 aromatic rings. The number of hydrogen-bond donors (Lipinski definition) is 0. The summed E-state index contributed by atoms with van der Waals surface area (Å²) in [6, 6.07) is 9.36. The Bertz CT molecular complexity index is 519. The van der Waals surface area contributed by atoms with Crippen molar-refractivity contribution >= 4 is 16.5 Å². The zero-order valence-corrected chi connectivity index (χ0v) is 9.05. The Labute approximate surface area is 93.3 Å². The van der Waals surface area contributed by atoms with Gasteiger partial charge >= 0.3 is 10.3 Å². The van der Waals surface area contributed by atoms with E-state index in [4.69, 9.17) is 4.74 Å². The van der Waals surface area contributed by atoms with Crippen LogP contribution in [0.5, 0.6) is 0 Å². The van der Waals surface area contributed by atoms with Gasteiger partial charge in [-0.2, -0.15) is 8.42 Å². The van der Waals surface area contributed by atoms with E-state index in [1.54, 1.807) is 0 Å². The van der Waals surface area contributed by atoms with Crippen molar-refractivity contribution < 1.29 is 17.3 Å². The number of hydrogen-bond acceptors (Lipinski definition) is 4. The third kappa shape index (κ3) is 2.83. The zero-order chi connectivity index (χ0) is 11.4. The van der Waals surface area contributed by atoms with E-state index < -0.39 is 10.3 Å². The number of nitrogens with zero attached hydrogens (tertiary/aromatic N) is 1. The minimum atomic E-state index is -3.86. The number of benzene rings is 1. The Hall–Kier alpha value is -1.82. The molecule has 0 atom stereocenters. The molecule has 0 saturated carbocycles. The fourth-order valence-electron chi connectivity index (χ4n) is 1.12. The molecule has 0 aromatic heterocycles. The van der Waals surface area contributed by atoms with Crippen molar-refractivity contribution in [2.75, 3.05) is 0 Å². The second-order valence-electron chi connectivity index (χ2n) is 3.03. The molecule has 84 valence electrons. The highest BCUT2D eigenvalue weighted by molar-refractivity contribution is 7.85. The lowest BCUT2D eigenvalue weighted by atomic mass is 10.2. The molecular weight excluding hydrogens is 230 g/mol. The van der Waals surface area contributed by atoms with Crippen molar-refractivity contribution in [3.05, 3.63) is 47.9 Å². The van der Waals surface area contributed by atoms with E-state index in [9.17, 15) is 8.42 Å². The first kappa shape index (κ1) is 10.7. The fraction of sp³-hybridized carbons (Fsp3) is 0.100. The fourth-order valence-corrected chi connectivity index (χ4v) is 1.68. The van der Waals surface area contributed by atoms with Crippen molar-refractivity contribution in [1.82, 2.24) is 0 Å². The van der Waals surface area contributed by atoms with Crippen LogP contribution in [0.15, 0.2) is 46.8 Å². The Morgan fingerprint density at radius 2 is 2.00 bits per heavy atom. The number of ether oxygens (including phenoxy) is 1. The van der Waals surface area contributed by atoms with Gasteiger partial charge in [-0.3, -0.25) is 0 Å². The highest BCUT2D eigenvalue weighted by atomic mass is 32.2. The van der Waals surface area contributed by atoms with Crippen molar-refractivity contribution in [1.29, 1.82) is 0 Å². The maximum absolute atomic E-state index is 10.9. The summed E-state index contributed by atoms with van der Waals surface area (Å²) >= 11 is 0. The van der Waals surface area contributed by atoms with Crippen LogP contribution in [0.2, 0.25) is 0 Å². The van der Waals surface area contributed by atoms with Crippen LogP contribution in [-0.4, -0.2) is 14.6 Å². The molecule has 0 N–H and O–H groups in total. The molecule has 0 bridgehead atoms. The van der Waals surface area contributed by atoms with Gasteiger partial charge in [-0.05, 0) is 5.56 Å². The largest absolute Gasteiger partial charge is 0.460 e. The molecule has 0 fully saturated rings. The zero-order valence-electron chi connectivity index (χ0n) is 8.24. The van der Waals surface area contributed by atoms with Gasteiger partial charge in [0.05, 0.1) is 6.21 Å². The number of allylic oxidation sites excluding steroid dienone is 1. The van der Waals surface area contributed by atoms with Gasteiger partial charge in [0.25, 0.3) is 5.95 Å². The van der Waals surface area contributed by atoms with Crippen molar-refractivity contribution in [2.45, 2.75) is 6.61 Å². The maximum atomic E-state index is 10.9. The van der Waals surface area contributed by atoms with Gasteiger partial charge in [-0.15, -0.1) is 4.40 Å². The molecule has 1 aromatic carbocycles. The Kier molecular flexibility index (Phi) is 2.91. The molecule has 0 radical (unpaired) electrons. The lowest BCUT2D eigenvalue weighted by Crippen LogP contribution is -2.09. The highest BCUT2D eigenvalue weighted by Crippen LogP contribution is 2.13. The number of rotatable bonds is 3. The maximum Gasteiger partial charge on any atom is 0.431 e. The van der Waals surface area contributed by atoms with Crippen LogP contribution in [0, 0.1) is 0 Å². The van der Waals surface area contributed by atoms with Crippen LogP contribution in [0.4, 0.5) is 0 Å². The van der Waals surface area contributed by atoms with E-state index in [1.807, 2.05) is 30.3 Å². The van der Waals surface area contributed by atoms with Gasteiger partial charge < -0.3 is 8.92 Å². The summed E-state index contributed by atoms with van der Waals surface area (Å²) in [4.78, 5) is 0. The lowest BCUT2D eigenvalue weighted by molar-refractivity contribution is 0.0993. The molecule has 16 heavy (non-hydrogen) atoms. The standard InChI is InChI=1S/C10H9NO4S/c12-16(13)11-7-6-10(15-16)14-8-9-4-2-1-3-5-9/h1-7H,8H2. The summed E-state index contributed by atoms with van der Waals surface area (Å²) in [6.07, 6.45) is 2.48. The average molecular weight is 239 g/mol.